The second-order valence-electron chi connectivity index (χ2n) is 4.56. The molecular formula is C14H16NO5S-. The van der Waals surface area contributed by atoms with Crippen LogP contribution in [0.4, 0.5) is 0 Å². The molecule has 0 unspecified atom stereocenters. The van der Waals surface area contributed by atoms with E-state index in [9.17, 15) is 14.7 Å². The fraction of sp³-hybridized carbons (Fsp3) is 0.429. The Labute approximate surface area is 127 Å². The van der Waals surface area contributed by atoms with Crippen LogP contribution < -0.4 is 14.6 Å². The topological polar surface area (TPSA) is 78.9 Å². The van der Waals surface area contributed by atoms with Crippen molar-refractivity contribution in [1.82, 2.24) is 4.90 Å². The van der Waals surface area contributed by atoms with Gasteiger partial charge in [-0.1, -0.05) is 6.07 Å². The molecule has 0 radical (unpaired) electrons. The van der Waals surface area contributed by atoms with Crippen LogP contribution in [-0.2, 0) is 9.59 Å². The van der Waals surface area contributed by atoms with Crippen molar-refractivity contribution in [2.75, 3.05) is 20.0 Å². The Morgan fingerprint density at radius 1 is 1.29 bits per heavy atom. The highest BCUT2D eigenvalue weighted by Crippen LogP contribution is 2.43. The molecule has 2 rings (SSSR count). The molecule has 0 N–H and O–H groups in total. The molecule has 0 bridgehead atoms. The van der Waals surface area contributed by atoms with Gasteiger partial charge in [0.25, 0.3) is 0 Å². The molecule has 114 valence electrons. The third-order valence-electron chi connectivity index (χ3n) is 3.33. The smallest absolute Gasteiger partial charge is 0.221 e. The fourth-order valence-corrected chi connectivity index (χ4v) is 3.79. The third kappa shape index (κ3) is 2.92. The number of ether oxygens (including phenoxy) is 2. The highest BCUT2D eigenvalue weighted by molar-refractivity contribution is 7.99. The second kappa shape index (κ2) is 6.26. The van der Waals surface area contributed by atoms with E-state index in [1.54, 1.807) is 18.2 Å². The molecule has 1 aromatic carbocycles. The van der Waals surface area contributed by atoms with Crippen molar-refractivity contribution >= 4 is 23.6 Å². The van der Waals surface area contributed by atoms with E-state index in [0.717, 1.165) is 5.56 Å². The van der Waals surface area contributed by atoms with E-state index in [4.69, 9.17) is 9.47 Å². The van der Waals surface area contributed by atoms with Gasteiger partial charge < -0.3 is 24.3 Å². The number of carboxylic acid groups (broad SMARTS) is 1. The van der Waals surface area contributed by atoms with Gasteiger partial charge in [-0.2, -0.15) is 0 Å². The van der Waals surface area contributed by atoms with Gasteiger partial charge in [0, 0.05) is 12.7 Å². The van der Waals surface area contributed by atoms with Crippen LogP contribution in [0, 0.1) is 0 Å². The van der Waals surface area contributed by atoms with Crippen molar-refractivity contribution in [3.05, 3.63) is 23.8 Å². The minimum absolute atomic E-state index is 0.297. The van der Waals surface area contributed by atoms with Crippen molar-refractivity contribution in [3.8, 4) is 11.5 Å². The molecule has 1 aliphatic heterocycles. The Hall–Kier alpha value is -1.89. The Balaban J connectivity index is 2.36. The molecule has 1 heterocycles. The van der Waals surface area contributed by atoms with Gasteiger partial charge in [0.15, 0.2) is 11.5 Å². The first kappa shape index (κ1) is 15.5. The minimum Gasteiger partial charge on any atom is -0.548 e. The number of thioether (sulfide) groups is 1. The summed E-state index contributed by atoms with van der Waals surface area (Å²) in [7, 11) is 3.06. The quantitative estimate of drug-likeness (QED) is 0.802. The van der Waals surface area contributed by atoms with Gasteiger partial charge >= 0.3 is 0 Å². The summed E-state index contributed by atoms with van der Waals surface area (Å²) in [5.41, 5.74) is 0.789. The maximum absolute atomic E-state index is 11.8. The van der Waals surface area contributed by atoms with Crippen LogP contribution in [0.2, 0.25) is 0 Å². The van der Waals surface area contributed by atoms with E-state index in [1.165, 1.54) is 37.8 Å². The van der Waals surface area contributed by atoms with Crippen LogP contribution >= 0.6 is 11.8 Å². The molecule has 0 saturated carbocycles. The molecule has 1 fully saturated rings. The van der Waals surface area contributed by atoms with Gasteiger partial charge in [0.2, 0.25) is 5.91 Å². The number of hydrogen-bond acceptors (Lipinski definition) is 6. The summed E-state index contributed by atoms with van der Waals surface area (Å²) < 4.78 is 10.4. The highest BCUT2D eigenvalue weighted by Gasteiger charge is 2.37. The molecule has 6 nitrogen and oxygen atoms in total. The molecule has 2 atom stereocenters. The summed E-state index contributed by atoms with van der Waals surface area (Å²) in [6, 6.07) is 4.38. The summed E-state index contributed by atoms with van der Waals surface area (Å²) in [5.74, 6) is -0.110. The summed E-state index contributed by atoms with van der Waals surface area (Å²) in [5, 5.41) is 10.8. The summed E-state index contributed by atoms with van der Waals surface area (Å²) in [4.78, 5) is 24.3. The van der Waals surface area contributed by atoms with Crippen molar-refractivity contribution < 1.29 is 24.2 Å². The van der Waals surface area contributed by atoms with Gasteiger partial charge in [-0.3, -0.25) is 4.79 Å². The average Bonchev–Trinajstić information content (AvgIpc) is 2.91. The average molecular weight is 310 g/mol. The Morgan fingerprint density at radius 3 is 2.48 bits per heavy atom. The number of aliphatic carboxylic acids is 1. The monoisotopic (exact) mass is 310 g/mol. The molecule has 0 aliphatic carbocycles. The third-order valence-corrected chi connectivity index (χ3v) is 4.65. The number of nitrogens with zero attached hydrogens (tertiary/aromatic N) is 1. The minimum atomic E-state index is -1.24. The number of carbonyl (C=O) groups excluding carboxylic acids is 2. The molecule has 1 aliphatic rings. The van der Waals surface area contributed by atoms with Gasteiger partial charge in [0.05, 0.1) is 26.2 Å². The van der Waals surface area contributed by atoms with Crippen molar-refractivity contribution in [2.24, 2.45) is 0 Å². The van der Waals surface area contributed by atoms with E-state index >= 15 is 0 Å². The molecule has 0 spiro atoms. The number of carboxylic acids is 1. The van der Waals surface area contributed by atoms with Crippen LogP contribution in [0.15, 0.2) is 18.2 Å². The lowest BCUT2D eigenvalue weighted by molar-refractivity contribution is -0.310. The lowest BCUT2D eigenvalue weighted by atomic mass is 10.1. The van der Waals surface area contributed by atoms with Gasteiger partial charge in [-0.05, 0) is 17.7 Å². The molecule has 1 aromatic rings. The zero-order valence-corrected chi connectivity index (χ0v) is 12.8. The SMILES string of the molecule is COc1ccc([C@H]2SC[C@H](C(=O)[O-])N2C(C)=O)cc1OC. The van der Waals surface area contributed by atoms with E-state index in [0.29, 0.717) is 17.3 Å². The predicted molar refractivity (Wildman–Crippen MR) is 76.1 cm³/mol. The Bertz CT molecular complexity index is 562. The first-order chi connectivity index (χ1) is 9.99. The number of carbonyl (C=O) groups is 2. The number of hydrogen-bond donors (Lipinski definition) is 0. The lowest BCUT2D eigenvalue weighted by Gasteiger charge is -2.29. The summed E-state index contributed by atoms with van der Waals surface area (Å²) in [6.45, 7) is 1.36. The molecule has 21 heavy (non-hydrogen) atoms. The van der Waals surface area contributed by atoms with Crippen molar-refractivity contribution in [1.29, 1.82) is 0 Å². The Morgan fingerprint density at radius 2 is 1.95 bits per heavy atom. The van der Waals surface area contributed by atoms with Crippen LogP contribution in [0.25, 0.3) is 0 Å². The summed E-state index contributed by atoms with van der Waals surface area (Å²) >= 11 is 1.39. The van der Waals surface area contributed by atoms with Crippen LogP contribution in [0.3, 0.4) is 0 Å². The number of amides is 1. The predicted octanol–water partition coefficient (Wildman–Crippen LogP) is 0.416. The first-order valence-electron chi connectivity index (χ1n) is 6.33. The first-order valence-corrected chi connectivity index (χ1v) is 7.37. The molecule has 1 amide bonds. The number of rotatable bonds is 4. The Kier molecular flexibility index (Phi) is 4.62. The van der Waals surface area contributed by atoms with Crippen LogP contribution in [0.5, 0.6) is 11.5 Å². The zero-order chi connectivity index (χ0) is 15.6. The molecular weight excluding hydrogens is 294 g/mol. The van der Waals surface area contributed by atoms with E-state index in [2.05, 4.69) is 0 Å². The number of methoxy groups -OCH3 is 2. The van der Waals surface area contributed by atoms with E-state index in [-0.39, 0.29) is 11.3 Å². The largest absolute Gasteiger partial charge is 0.548 e. The lowest BCUT2D eigenvalue weighted by Crippen LogP contribution is -2.48. The highest BCUT2D eigenvalue weighted by atomic mass is 32.2. The van der Waals surface area contributed by atoms with E-state index < -0.39 is 12.0 Å². The normalized spacial score (nSPS) is 21.2. The maximum Gasteiger partial charge on any atom is 0.221 e. The number of benzene rings is 1. The zero-order valence-electron chi connectivity index (χ0n) is 12.0. The fourth-order valence-electron chi connectivity index (χ4n) is 2.34. The van der Waals surface area contributed by atoms with Gasteiger partial charge in [-0.25, -0.2) is 0 Å². The second-order valence-corrected chi connectivity index (χ2v) is 5.67. The maximum atomic E-state index is 11.8. The van der Waals surface area contributed by atoms with Crippen LogP contribution in [0.1, 0.15) is 17.9 Å². The van der Waals surface area contributed by atoms with Crippen LogP contribution in [-0.4, -0.2) is 42.8 Å². The van der Waals surface area contributed by atoms with Gasteiger partial charge in [-0.15, -0.1) is 11.8 Å². The van der Waals surface area contributed by atoms with E-state index in [1.807, 2.05) is 0 Å². The van der Waals surface area contributed by atoms with Crippen molar-refractivity contribution in [2.45, 2.75) is 18.3 Å². The molecule has 0 aromatic heterocycles. The molecule has 1 saturated heterocycles. The van der Waals surface area contributed by atoms with Gasteiger partial charge in [0.1, 0.15) is 5.37 Å². The summed E-state index contributed by atoms with van der Waals surface area (Å²) in [6.07, 6.45) is 0. The van der Waals surface area contributed by atoms with Crippen molar-refractivity contribution in [3.63, 3.8) is 0 Å². The molecule has 7 heteroatoms. The standard InChI is InChI=1S/C14H17NO5S/c1-8(16)15-10(14(17)18)7-21-13(15)9-4-5-11(19-2)12(6-9)20-3/h4-6,10,13H,7H2,1-3H3,(H,17,18)/p-1/t10-,13-/m1/s1.